The second kappa shape index (κ2) is 6.10. The monoisotopic (exact) mass is 285 g/mol. The zero-order valence-corrected chi connectivity index (χ0v) is 11.8. The Morgan fingerprint density at radius 1 is 1.29 bits per heavy atom. The normalized spacial score (nSPS) is 22.0. The number of nitrogens with zero attached hydrogens (tertiary/aromatic N) is 2. The standard InChI is InChI=1S/C16H19N3O2/c20-15-8-2-1-7-14(15)18-16(21)12-5-3-6-13(11-12)19-10-4-9-17-19/h3-6,9-11,14-15,20H,1-2,7-8H2,(H,18,21)/t14-,15+/m1/s1. The Morgan fingerprint density at radius 3 is 2.90 bits per heavy atom. The molecule has 5 heteroatoms. The maximum absolute atomic E-state index is 12.3. The largest absolute Gasteiger partial charge is 0.391 e. The number of hydrogen-bond donors (Lipinski definition) is 2. The first-order chi connectivity index (χ1) is 10.2. The van der Waals surface area contributed by atoms with Crippen LogP contribution in [0.1, 0.15) is 36.0 Å². The molecule has 0 bridgehead atoms. The lowest BCUT2D eigenvalue weighted by molar-refractivity contribution is 0.0717. The minimum atomic E-state index is -0.433. The number of benzene rings is 1. The molecule has 5 nitrogen and oxygen atoms in total. The SMILES string of the molecule is O=C(N[C@@H]1CCCC[C@@H]1O)c1cccc(-n2cccn2)c1. The molecule has 1 aromatic heterocycles. The Kier molecular flexibility index (Phi) is 4.01. The van der Waals surface area contributed by atoms with E-state index in [4.69, 9.17) is 0 Å². The number of hydrogen-bond acceptors (Lipinski definition) is 3. The highest BCUT2D eigenvalue weighted by Crippen LogP contribution is 2.19. The van der Waals surface area contributed by atoms with Crippen LogP contribution in [0.25, 0.3) is 5.69 Å². The van der Waals surface area contributed by atoms with E-state index in [-0.39, 0.29) is 11.9 Å². The Bertz CT molecular complexity index is 610. The average Bonchev–Trinajstić information content (AvgIpc) is 3.04. The zero-order chi connectivity index (χ0) is 14.7. The molecular formula is C16H19N3O2. The fourth-order valence-electron chi connectivity index (χ4n) is 2.74. The van der Waals surface area contributed by atoms with E-state index < -0.39 is 6.10 Å². The highest BCUT2D eigenvalue weighted by molar-refractivity contribution is 5.94. The van der Waals surface area contributed by atoms with Crippen molar-refractivity contribution in [2.45, 2.75) is 37.8 Å². The van der Waals surface area contributed by atoms with Crippen LogP contribution >= 0.6 is 0 Å². The van der Waals surface area contributed by atoms with Gasteiger partial charge in [-0.05, 0) is 37.1 Å². The number of carbonyl (C=O) groups excluding carboxylic acids is 1. The molecule has 0 aliphatic heterocycles. The molecule has 110 valence electrons. The van der Waals surface area contributed by atoms with Crippen molar-refractivity contribution in [2.75, 3.05) is 0 Å². The molecule has 1 aromatic carbocycles. The van der Waals surface area contributed by atoms with Crippen LogP contribution in [-0.4, -0.2) is 32.9 Å². The summed E-state index contributed by atoms with van der Waals surface area (Å²) in [6.07, 6.45) is 6.78. The molecule has 2 aromatic rings. The van der Waals surface area contributed by atoms with Crippen molar-refractivity contribution >= 4 is 5.91 Å². The summed E-state index contributed by atoms with van der Waals surface area (Å²) in [5.74, 6) is -0.144. The van der Waals surface area contributed by atoms with Gasteiger partial charge in [0.15, 0.2) is 0 Å². The van der Waals surface area contributed by atoms with Crippen molar-refractivity contribution in [3.05, 3.63) is 48.3 Å². The van der Waals surface area contributed by atoms with E-state index in [1.807, 2.05) is 24.4 Å². The average molecular weight is 285 g/mol. The van der Waals surface area contributed by atoms with E-state index in [9.17, 15) is 9.90 Å². The number of aliphatic hydroxyl groups excluding tert-OH is 1. The fourth-order valence-corrected chi connectivity index (χ4v) is 2.74. The van der Waals surface area contributed by atoms with Crippen LogP contribution < -0.4 is 5.32 Å². The van der Waals surface area contributed by atoms with Crippen molar-refractivity contribution in [1.82, 2.24) is 15.1 Å². The second-order valence-corrected chi connectivity index (χ2v) is 5.43. The molecule has 0 saturated heterocycles. The molecule has 1 fully saturated rings. The van der Waals surface area contributed by atoms with E-state index in [0.717, 1.165) is 31.4 Å². The smallest absolute Gasteiger partial charge is 0.251 e. The maximum Gasteiger partial charge on any atom is 0.251 e. The molecule has 1 aliphatic carbocycles. The molecule has 1 saturated carbocycles. The van der Waals surface area contributed by atoms with Gasteiger partial charge in [0, 0.05) is 18.0 Å². The van der Waals surface area contributed by atoms with Gasteiger partial charge < -0.3 is 10.4 Å². The highest BCUT2D eigenvalue weighted by atomic mass is 16.3. The van der Waals surface area contributed by atoms with Gasteiger partial charge in [0.25, 0.3) is 5.91 Å². The summed E-state index contributed by atoms with van der Waals surface area (Å²) in [5.41, 5.74) is 1.43. The van der Waals surface area contributed by atoms with Gasteiger partial charge in [-0.2, -0.15) is 5.10 Å². The van der Waals surface area contributed by atoms with Gasteiger partial charge in [-0.15, -0.1) is 0 Å². The Balaban J connectivity index is 1.74. The first kappa shape index (κ1) is 13.8. The number of amides is 1. The van der Waals surface area contributed by atoms with Gasteiger partial charge in [-0.25, -0.2) is 4.68 Å². The third-order valence-corrected chi connectivity index (χ3v) is 3.92. The van der Waals surface area contributed by atoms with Crippen LogP contribution in [0.4, 0.5) is 0 Å². The number of carbonyl (C=O) groups is 1. The summed E-state index contributed by atoms with van der Waals surface area (Å²) in [6, 6.07) is 9.02. The lowest BCUT2D eigenvalue weighted by Gasteiger charge is -2.28. The summed E-state index contributed by atoms with van der Waals surface area (Å²) in [7, 11) is 0. The summed E-state index contributed by atoms with van der Waals surface area (Å²) in [5, 5.41) is 17.0. The van der Waals surface area contributed by atoms with E-state index >= 15 is 0 Å². The van der Waals surface area contributed by atoms with Crippen LogP contribution in [0.15, 0.2) is 42.7 Å². The van der Waals surface area contributed by atoms with Crippen molar-refractivity contribution in [2.24, 2.45) is 0 Å². The number of aromatic nitrogens is 2. The first-order valence-corrected chi connectivity index (χ1v) is 7.33. The second-order valence-electron chi connectivity index (χ2n) is 5.43. The minimum Gasteiger partial charge on any atom is -0.391 e. The van der Waals surface area contributed by atoms with Gasteiger partial charge in [-0.1, -0.05) is 18.9 Å². The highest BCUT2D eigenvalue weighted by Gasteiger charge is 2.24. The van der Waals surface area contributed by atoms with Crippen molar-refractivity contribution < 1.29 is 9.90 Å². The summed E-state index contributed by atoms with van der Waals surface area (Å²) < 4.78 is 1.71. The van der Waals surface area contributed by atoms with Crippen LogP contribution in [0.3, 0.4) is 0 Å². The number of rotatable bonds is 3. The third-order valence-electron chi connectivity index (χ3n) is 3.92. The van der Waals surface area contributed by atoms with E-state index in [2.05, 4.69) is 10.4 Å². The number of aliphatic hydroxyl groups is 1. The Morgan fingerprint density at radius 2 is 2.14 bits per heavy atom. The van der Waals surface area contributed by atoms with Gasteiger partial charge in [-0.3, -0.25) is 4.79 Å². The molecule has 0 spiro atoms. The molecule has 1 heterocycles. The maximum atomic E-state index is 12.3. The van der Waals surface area contributed by atoms with E-state index in [1.54, 1.807) is 23.0 Å². The molecule has 0 unspecified atom stereocenters. The summed E-state index contributed by atoms with van der Waals surface area (Å²) in [6.45, 7) is 0. The Labute approximate surface area is 123 Å². The Hall–Kier alpha value is -2.14. The lowest BCUT2D eigenvalue weighted by atomic mass is 9.92. The van der Waals surface area contributed by atoms with Gasteiger partial charge >= 0.3 is 0 Å². The molecule has 3 rings (SSSR count). The lowest BCUT2D eigenvalue weighted by Crippen LogP contribution is -2.45. The van der Waals surface area contributed by atoms with Crippen LogP contribution in [0.5, 0.6) is 0 Å². The van der Waals surface area contributed by atoms with Crippen LogP contribution in [0, 0.1) is 0 Å². The zero-order valence-electron chi connectivity index (χ0n) is 11.8. The number of nitrogens with one attached hydrogen (secondary N) is 1. The van der Waals surface area contributed by atoms with Crippen molar-refractivity contribution in [3.8, 4) is 5.69 Å². The quantitative estimate of drug-likeness (QED) is 0.905. The van der Waals surface area contributed by atoms with Crippen LogP contribution in [0.2, 0.25) is 0 Å². The van der Waals surface area contributed by atoms with Crippen LogP contribution in [-0.2, 0) is 0 Å². The molecule has 21 heavy (non-hydrogen) atoms. The van der Waals surface area contributed by atoms with Crippen molar-refractivity contribution in [1.29, 1.82) is 0 Å². The van der Waals surface area contributed by atoms with E-state index in [0.29, 0.717) is 5.56 Å². The molecular weight excluding hydrogens is 266 g/mol. The van der Waals surface area contributed by atoms with Gasteiger partial charge in [0.1, 0.15) is 0 Å². The fraction of sp³-hybridized carbons (Fsp3) is 0.375. The van der Waals surface area contributed by atoms with E-state index in [1.165, 1.54) is 0 Å². The summed E-state index contributed by atoms with van der Waals surface area (Å²) >= 11 is 0. The first-order valence-electron chi connectivity index (χ1n) is 7.33. The van der Waals surface area contributed by atoms with Gasteiger partial charge in [0.2, 0.25) is 0 Å². The third kappa shape index (κ3) is 3.13. The predicted molar refractivity (Wildman–Crippen MR) is 79.3 cm³/mol. The molecule has 0 radical (unpaired) electrons. The molecule has 2 atom stereocenters. The topological polar surface area (TPSA) is 67.2 Å². The summed E-state index contributed by atoms with van der Waals surface area (Å²) in [4.78, 5) is 12.3. The van der Waals surface area contributed by atoms with Gasteiger partial charge in [0.05, 0.1) is 17.8 Å². The molecule has 1 amide bonds. The predicted octanol–water partition coefficient (Wildman–Crippen LogP) is 1.91. The molecule has 2 N–H and O–H groups in total. The molecule has 1 aliphatic rings. The van der Waals surface area contributed by atoms with Crippen molar-refractivity contribution in [3.63, 3.8) is 0 Å². The minimum absolute atomic E-state index is 0.139.